The number of benzene rings is 2. The third-order valence-electron chi connectivity index (χ3n) is 5.33. The van der Waals surface area contributed by atoms with Crippen LogP contribution in [0, 0.1) is 6.92 Å². The molecule has 5 nitrogen and oxygen atoms in total. The van der Waals surface area contributed by atoms with Gasteiger partial charge in [0, 0.05) is 42.0 Å². The predicted molar refractivity (Wildman–Crippen MR) is 124 cm³/mol. The second kappa shape index (κ2) is 8.41. The molecule has 0 aliphatic rings. The number of nitrogens with zero attached hydrogens (tertiary/aromatic N) is 3. The second-order valence-electron chi connectivity index (χ2n) is 7.37. The van der Waals surface area contributed by atoms with Crippen LogP contribution in [-0.2, 0) is 6.54 Å². The summed E-state index contributed by atoms with van der Waals surface area (Å²) in [6.07, 6.45) is 1.89. The Hall–Kier alpha value is -3.60. The van der Waals surface area contributed by atoms with E-state index >= 15 is 0 Å². The van der Waals surface area contributed by atoms with Gasteiger partial charge in [0.05, 0.1) is 18.3 Å². The molecule has 0 amide bonds. The van der Waals surface area contributed by atoms with Crippen LogP contribution in [0.1, 0.15) is 18.1 Å². The van der Waals surface area contributed by atoms with Crippen molar-refractivity contribution in [3.8, 4) is 17.0 Å². The van der Waals surface area contributed by atoms with Crippen LogP contribution in [0.25, 0.3) is 22.2 Å². The summed E-state index contributed by atoms with van der Waals surface area (Å²) < 4.78 is 5.25. The molecule has 0 atom stereocenters. The number of pyridine rings is 2. The predicted octanol–water partition coefficient (Wildman–Crippen LogP) is 5.22. The highest BCUT2D eigenvalue weighted by atomic mass is 16.5. The summed E-state index contributed by atoms with van der Waals surface area (Å²) >= 11 is 0. The number of hydrogen-bond donors (Lipinski definition) is 1. The van der Waals surface area contributed by atoms with E-state index in [1.54, 1.807) is 7.11 Å². The number of hydrogen-bond acceptors (Lipinski definition) is 5. The lowest BCUT2D eigenvalue weighted by Crippen LogP contribution is -2.23. The Kier molecular flexibility index (Phi) is 5.53. The van der Waals surface area contributed by atoms with E-state index in [2.05, 4.69) is 48.0 Å². The molecule has 0 bridgehead atoms. The van der Waals surface area contributed by atoms with Gasteiger partial charge in [0.1, 0.15) is 11.6 Å². The van der Waals surface area contributed by atoms with Crippen LogP contribution in [0.5, 0.6) is 5.75 Å². The Morgan fingerprint density at radius 2 is 1.80 bits per heavy atom. The minimum Gasteiger partial charge on any atom is -0.497 e. The first kappa shape index (κ1) is 19.7. The van der Waals surface area contributed by atoms with Crippen molar-refractivity contribution in [2.45, 2.75) is 20.4 Å². The third-order valence-corrected chi connectivity index (χ3v) is 5.33. The van der Waals surface area contributed by atoms with Gasteiger partial charge in [0.15, 0.2) is 0 Å². The van der Waals surface area contributed by atoms with E-state index in [1.807, 2.05) is 42.6 Å². The summed E-state index contributed by atoms with van der Waals surface area (Å²) in [4.78, 5) is 11.8. The van der Waals surface area contributed by atoms with Crippen molar-refractivity contribution in [3.05, 3.63) is 78.0 Å². The maximum absolute atomic E-state index is 6.00. The Balaban J connectivity index is 1.67. The lowest BCUT2D eigenvalue weighted by molar-refractivity contribution is 0.414. The molecule has 2 N–H and O–H groups in total. The van der Waals surface area contributed by atoms with Crippen molar-refractivity contribution >= 4 is 22.4 Å². The first-order chi connectivity index (χ1) is 14.6. The fourth-order valence-corrected chi connectivity index (χ4v) is 3.55. The summed E-state index contributed by atoms with van der Waals surface area (Å²) in [6, 6.07) is 20.2. The number of fused-ring (bicyclic) bond motifs is 1. The highest BCUT2D eigenvalue weighted by Crippen LogP contribution is 2.27. The van der Waals surface area contributed by atoms with E-state index in [4.69, 9.17) is 15.5 Å². The molecule has 2 aromatic carbocycles. The maximum Gasteiger partial charge on any atom is 0.130 e. The second-order valence-corrected chi connectivity index (χ2v) is 7.37. The van der Waals surface area contributed by atoms with Gasteiger partial charge in [0.2, 0.25) is 0 Å². The molecule has 30 heavy (non-hydrogen) atoms. The van der Waals surface area contributed by atoms with Gasteiger partial charge < -0.3 is 15.4 Å². The largest absolute Gasteiger partial charge is 0.497 e. The normalized spacial score (nSPS) is 10.9. The van der Waals surface area contributed by atoms with Crippen LogP contribution in [0.15, 0.2) is 66.9 Å². The van der Waals surface area contributed by atoms with Crippen LogP contribution in [-0.4, -0.2) is 23.6 Å². The molecular weight excluding hydrogens is 372 g/mol. The average molecular weight is 399 g/mol. The Labute approximate surface area is 177 Å². The van der Waals surface area contributed by atoms with Crippen molar-refractivity contribution in [1.29, 1.82) is 0 Å². The zero-order chi connectivity index (χ0) is 21.1. The number of methoxy groups -OCH3 is 1. The van der Waals surface area contributed by atoms with Crippen molar-refractivity contribution in [2.75, 3.05) is 24.3 Å². The highest BCUT2D eigenvalue weighted by molar-refractivity contribution is 5.83. The fourth-order valence-electron chi connectivity index (χ4n) is 3.55. The molecule has 0 aliphatic carbocycles. The molecule has 5 heteroatoms. The zero-order valence-corrected chi connectivity index (χ0v) is 17.6. The van der Waals surface area contributed by atoms with Gasteiger partial charge in [-0.15, -0.1) is 0 Å². The number of rotatable bonds is 6. The summed E-state index contributed by atoms with van der Waals surface area (Å²) in [6.45, 7) is 5.83. The molecule has 0 aliphatic heterocycles. The van der Waals surface area contributed by atoms with E-state index in [9.17, 15) is 0 Å². The van der Waals surface area contributed by atoms with Gasteiger partial charge >= 0.3 is 0 Å². The number of nitrogen functional groups attached to an aromatic ring is 1. The molecule has 152 valence electrons. The minimum atomic E-state index is 0.740. The van der Waals surface area contributed by atoms with Crippen molar-refractivity contribution < 1.29 is 4.74 Å². The molecule has 2 aromatic heterocycles. The molecular formula is C25H26N4O. The average Bonchev–Trinajstić information content (AvgIpc) is 2.78. The summed E-state index contributed by atoms with van der Waals surface area (Å²) in [5.41, 5.74) is 12.0. The number of aryl methyl sites for hydroxylation is 1. The number of nitrogens with two attached hydrogens (primary N) is 1. The van der Waals surface area contributed by atoms with E-state index in [0.717, 1.165) is 58.1 Å². The van der Waals surface area contributed by atoms with Crippen LogP contribution >= 0.6 is 0 Å². The van der Waals surface area contributed by atoms with E-state index in [0.29, 0.717) is 0 Å². The monoisotopic (exact) mass is 398 g/mol. The molecule has 0 saturated heterocycles. The van der Waals surface area contributed by atoms with Crippen molar-refractivity contribution in [3.63, 3.8) is 0 Å². The molecule has 0 radical (unpaired) electrons. The van der Waals surface area contributed by atoms with Gasteiger partial charge in [0.25, 0.3) is 0 Å². The molecule has 4 rings (SSSR count). The first-order valence-electron chi connectivity index (χ1n) is 10.1. The van der Waals surface area contributed by atoms with Gasteiger partial charge in [-0.3, -0.25) is 0 Å². The SMILES string of the molecule is CCN(Cc1ccc(OC)cc1)c1cc2nc(-c3cc(N)ccc3C)ccc2cn1. The topological polar surface area (TPSA) is 64.3 Å². The van der Waals surface area contributed by atoms with Crippen LogP contribution in [0.3, 0.4) is 0 Å². The molecule has 0 spiro atoms. The first-order valence-corrected chi connectivity index (χ1v) is 10.1. The van der Waals surface area contributed by atoms with Crippen LogP contribution in [0.2, 0.25) is 0 Å². The lowest BCUT2D eigenvalue weighted by atomic mass is 10.0. The summed E-state index contributed by atoms with van der Waals surface area (Å²) in [7, 11) is 1.68. The van der Waals surface area contributed by atoms with E-state index < -0.39 is 0 Å². The number of anilines is 2. The van der Waals surface area contributed by atoms with Gasteiger partial charge in [-0.25, -0.2) is 9.97 Å². The van der Waals surface area contributed by atoms with Crippen LogP contribution < -0.4 is 15.4 Å². The highest BCUT2D eigenvalue weighted by Gasteiger charge is 2.11. The Bertz CT molecular complexity index is 1170. The van der Waals surface area contributed by atoms with E-state index in [-0.39, 0.29) is 0 Å². The van der Waals surface area contributed by atoms with Crippen molar-refractivity contribution in [2.24, 2.45) is 0 Å². The van der Waals surface area contributed by atoms with E-state index in [1.165, 1.54) is 5.56 Å². The van der Waals surface area contributed by atoms with Gasteiger partial charge in [-0.1, -0.05) is 18.2 Å². The number of aromatic nitrogens is 2. The van der Waals surface area contributed by atoms with Crippen LogP contribution in [0.4, 0.5) is 11.5 Å². The molecule has 0 saturated carbocycles. The van der Waals surface area contributed by atoms with Crippen molar-refractivity contribution in [1.82, 2.24) is 9.97 Å². The number of ether oxygens (including phenoxy) is 1. The Morgan fingerprint density at radius 1 is 1.00 bits per heavy atom. The van der Waals surface area contributed by atoms with Gasteiger partial charge in [-0.05, 0) is 61.4 Å². The minimum absolute atomic E-state index is 0.740. The summed E-state index contributed by atoms with van der Waals surface area (Å²) in [5, 5.41) is 1.02. The molecule has 0 fully saturated rings. The molecule has 2 heterocycles. The Morgan fingerprint density at radius 3 is 2.53 bits per heavy atom. The standard InChI is InChI=1S/C25H26N4O/c1-4-29(16-18-6-10-21(30-3)11-7-18)25-14-24-19(15-27-25)8-12-23(28-24)22-13-20(26)9-5-17(22)2/h5-15H,4,16,26H2,1-3H3. The maximum atomic E-state index is 6.00. The quantitative estimate of drug-likeness (QED) is 0.451. The smallest absolute Gasteiger partial charge is 0.130 e. The lowest BCUT2D eigenvalue weighted by Gasteiger charge is -2.22. The summed E-state index contributed by atoms with van der Waals surface area (Å²) in [5.74, 6) is 1.77. The molecule has 4 aromatic rings. The fraction of sp³-hybridized carbons (Fsp3) is 0.200. The van der Waals surface area contributed by atoms with Gasteiger partial charge in [-0.2, -0.15) is 0 Å². The third kappa shape index (κ3) is 4.06. The molecule has 0 unspecified atom stereocenters. The zero-order valence-electron chi connectivity index (χ0n) is 17.6.